The van der Waals surface area contributed by atoms with Crippen LogP contribution in [0.25, 0.3) is 6.08 Å². The molecule has 0 fully saturated rings. The molecule has 166 valence electrons. The predicted octanol–water partition coefficient (Wildman–Crippen LogP) is 3.75. The van der Waals surface area contributed by atoms with Crippen molar-refractivity contribution in [2.45, 2.75) is 13.5 Å². The Morgan fingerprint density at radius 1 is 1.12 bits per heavy atom. The number of nitrogens with zero attached hydrogens (tertiary/aromatic N) is 2. The topological polar surface area (TPSA) is 91.7 Å². The van der Waals surface area contributed by atoms with E-state index in [9.17, 15) is 9.59 Å². The van der Waals surface area contributed by atoms with Crippen molar-refractivity contribution in [1.29, 1.82) is 0 Å². The molecule has 0 unspecified atom stereocenters. The molecule has 0 bridgehead atoms. The smallest absolute Gasteiger partial charge is 0.358 e. The van der Waals surface area contributed by atoms with Crippen molar-refractivity contribution in [3.8, 4) is 11.5 Å². The Balaban J connectivity index is 1.70. The van der Waals surface area contributed by atoms with Gasteiger partial charge in [0.15, 0.2) is 5.69 Å². The summed E-state index contributed by atoms with van der Waals surface area (Å²) in [4.78, 5) is 24.2. The van der Waals surface area contributed by atoms with E-state index in [1.807, 2.05) is 49.4 Å². The van der Waals surface area contributed by atoms with Crippen LogP contribution < -0.4 is 14.8 Å². The molecule has 32 heavy (non-hydrogen) atoms. The van der Waals surface area contributed by atoms with Crippen molar-refractivity contribution >= 4 is 23.6 Å². The number of esters is 1. The molecule has 0 aliphatic carbocycles. The van der Waals surface area contributed by atoms with Crippen LogP contribution >= 0.6 is 0 Å². The molecule has 3 aromatic rings. The van der Waals surface area contributed by atoms with Crippen molar-refractivity contribution in [2.24, 2.45) is 7.05 Å². The Morgan fingerprint density at radius 3 is 2.56 bits per heavy atom. The van der Waals surface area contributed by atoms with Gasteiger partial charge in [0.25, 0.3) is 0 Å². The van der Waals surface area contributed by atoms with E-state index < -0.39 is 11.9 Å². The maximum Gasteiger partial charge on any atom is 0.358 e. The number of nitrogens with one attached hydrogen (secondary N) is 1. The molecule has 0 aliphatic rings. The van der Waals surface area contributed by atoms with Gasteiger partial charge >= 0.3 is 5.97 Å². The summed E-state index contributed by atoms with van der Waals surface area (Å²) in [6.07, 6.45) is 4.44. The third kappa shape index (κ3) is 5.54. The second kappa shape index (κ2) is 10.3. The van der Waals surface area contributed by atoms with Gasteiger partial charge in [0.05, 0.1) is 26.1 Å². The highest BCUT2D eigenvalue weighted by atomic mass is 16.5. The van der Waals surface area contributed by atoms with Crippen LogP contribution in [0.1, 0.15) is 27.2 Å². The SMILES string of the molecule is COC(=O)c1c(NC(=O)/C=C/c2ccc(OC)c(COc3ccc(C)cc3)c2)cnn1C. The molecule has 8 heteroatoms. The molecule has 3 rings (SSSR count). The Morgan fingerprint density at radius 2 is 1.88 bits per heavy atom. The van der Waals surface area contributed by atoms with Crippen LogP contribution in [0.4, 0.5) is 5.69 Å². The Labute approximate surface area is 186 Å². The molecule has 0 spiro atoms. The number of carbonyl (C=O) groups excluding carboxylic acids is 2. The Kier molecular flexibility index (Phi) is 7.28. The molecule has 1 amide bonds. The summed E-state index contributed by atoms with van der Waals surface area (Å²) < 4.78 is 17.4. The summed E-state index contributed by atoms with van der Waals surface area (Å²) in [5.41, 5.74) is 3.23. The average molecular weight is 435 g/mol. The lowest BCUT2D eigenvalue weighted by atomic mass is 10.1. The van der Waals surface area contributed by atoms with Gasteiger partial charge in [0.1, 0.15) is 18.1 Å². The standard InChI is InChI=1S/C24H25N3O5/c1-16-5-9-19(10-6-16)32-15-18-13-17(7-11-21(18)30-3)8-12-22(28)26-20-14-25-27(2)23(20)24(29)31-4/h5-14H,15H2,1-4H3,(H,26,28)/b12-8+. The monoisotopic (exact) mass is 435 g/mol. The summed E-state index contributed by atoms with van der Waals surface area (Å²) in [5.74, 6) is 0.460. The lowest BCUT2D eigenvalue weighted by molar-refractivity contribution is -0.111. The first-order chi connectivity index (χ1) is 15.4. The normalized spacial score (nSPS) is 10.8. The quantitative estimate of drug-likeness (QED) is 0.428. The molecule has 0 atom stereocenters. The number of hydrogen-bond acceptors (Lipinski definition) is 6. The van der Waals surface area contributed by atoms with Crippen molar-refractivity contribution in [3.05, 3.63) is 77.1 Å². The van der Waals surface area contributed by atoms with Gasteiger partial charge in [-0.25, -0.2) is 4.79 Å². The number of carbonyl (C=O) groups is 2. The van der Waals surface area contributed by atoms with E-state index in [1.54, 1.807) is 20.2 Å². The highest BCUT2D eigenvalue weighted by Gasteiger charge is 2.18. The van der Waals surface area contributed by atoms with Gasteiger partial charge in [-0.1, -0.05) is 23.8 Å². The van der Waals surface area contributed by atoms with Gasteiger partial charge in [0, 0.05) is 18.7 Å². The van der Waals surface area contributed by atoms with E-state index in [1.165, 1.54) is 24.1 Å². The van der Waals surface area contributed by atoms with Gasteiger partial charge < -0.3 is 19.5 Å². The molecule has 0 radical (unpaired) electrons. The minimum Gasteiger partial charge on any atom is -0.496 e. The second-order valence-corrected chi connectivity index (χ2v) is 7.02. The lowest BCUT2D eigenvalue weighted by Crippen LogP contribution is -2.14. The Bertz CT molecular complexity index is 1130. The fourth-order valence-electron chi connectivity index (χ4n) is 3.02. The molecular weight excluding hydrogens is 410 g/mol. The number of rotatable bonds is 8. The first-order valence-electron chi connectivity index (χ1n) is 9.87. The number of ether oxygens (including phenoxy) is 3. The van der Waals surface area contributed by atoms with E-state index in [-0.39, 0.29) is 11.4 Å². The third-order valence-electron chi connectivity index (χ3n) is 4.72. The van der Waals surface area contributed by atoms with Crippen molar-refractivity contribution in [3.63, 3.8) is 0 Å². The fraction of sp³-hybridized carbons (Fsp3) is 0.208. The number of aryl methyl sites for hydroxylation is 2. The highest BCUT2D eigenvalue weighted by molar-refractivity contribution is 6.05. The van der Waals surface area contributed by atoms with Gasteiger partial charge in [-0.2, -0.15) is 5.10 Å². The minimum absolute atomic E-state index is 0.161. The zero-order valence-electron chi connectivity index (χ0n) is 18.4. The fourth-order valence-corrected chi connectivity index (χ4v) is 3.02. The average Bonchev–Trinajstić information content (AvgIpc) is 3.16. The van der Waals surface area contributed by atoms with Crippen LogP contribution in [0.15, 0.2) is 54.7 Å². The number of anilines is 1. The largest absolute Gasteiger partial charge is 0.496 e. The van der Waals surface area contributed by atoms with Gasteiger partial charge in [0.2, 0.25) is 5.91 Å². The molecular formula is C24H25N3O5. The third-order valence-corrected chi connectivity index (χ3v) is 4.72. The molecule has 2 aromatic carbocycles. The second-order valence-electron chi connectivity index (χ2n) is 7.02. The zero-order valence-corrected chi connectivity index (χ0v) is 18.4. The van der Waals surface area contributed by atoms with Crippen molar-refractivity contribution in [2.75, 3.05) is 19.5 Å². The Hall–Kier alpha value is -4.07. The van der Waals surface area contributed by atoms with Gasteiger partial charge in [-0.15, -0.1) is 0 Å². The summed E-state index contributed by atoms with van der Waals surface area (Å²) in [6, 6.07) is 13.3. The zero-order chi connectivity index (χ0) is 23.1. The molecule has 1 aromatic heterocycles. The van der Waals surface area contributed by atoms with E-state index in [0.717, 1.165) is 22.4 Å². The lowest BCUT2D eigenvalue weighted by Gasteiger charge is -2.11. The molecule has 1 heterocycles. The maximum absolute atomic E-state index is 12.4. The number of aromatic nitrogens is 2. The van der Waals surface area contributed by atoms with Crippen LogP contribution in [0.2, 0.25) is 0 Å². The number of hydrogen-bond donors (Lipinski definition) is 1. The summed E-state index contributed by atoms with van der Waals surface area (Å²) in [5, 5.41) is 6.63. The van der Waals surface area contributed by atoms with E-state index in [2.05, 4.69) is 10.4 Å². The van der Waals surface area contributed by atoms with E-state index >= 15 is 0 Å². The van der Waals surface area contributed by atoms with Crippen LogP contribution in [0, 0.1) is 6.92 Å². The van der Waals surface area contributed by atoms with Gasteiger partial charge in [-0.05, 0) is 42.8 Å². The summed E-state index contributed by atoms with van der Waals surface area (Å²) >= 11 is 0. The number of amides is 1. The number of benzene rings is 2. The van der Waals surface area contributed by atoms with Crippen LogP contribution in [0.5, 0.6) is 11.5 Å². The first-order valence-corrected chi connectivity index (χ1v) is 9.87. The van der Waals surface area contributed by atoms with E-state index in [0.29, 0.717) is 12.4 Å². The van der Waals surface area contributed by atoms with Crippen LogP contribution in [0.3, 0.4) is 0 Å². The van der Waals surface area contributed by atoms with Crippen LogP contribution in [-0.2, 0) is 23.2 Å². The first kappa shape index (κ1) is 22.6. The molecule has 0 saturated carbocycles. The maximum atomic E-state index is 12.4. The highest BCUT2D eigenvalue weighted by Crippen LogP contribution is 2.23. The van der Waals surface area contributed by atoms with Crippen LogP contribution in [-0.4, -0.2) is 35.9 Å². The van der Waals surface area contributed by atoms with Gasteiger partial charge in [-0.3, -0.25) is 9.48 Å². The molecule has 8 nitrogen and oxygen atoms in total. The van der Waals surface area contributed by atoms with E-state index in [4.69, 9.17) is 14.2 Å². The van der Waals surface area contributed by atoms with Crippen molar-refractivity contribution in [1.82, 2.24) is 9.78 Å². The predicted molar refractivity (Wildman–Crippen MR) is 121 cm³/mol. The molecule has 0 aliphatic heterocycles. The summed E-state index contributed by atoms with van der Waals surface area (Å²) in [6.45, 7) is 2.33. The van der Waals surface area contributed by atoms with Crippen molar-refractivity contribution < 1.29 is 23.8 Å². The number of methoxy groups -OCH3 is 2. The molecule has 1 N–H and O–H groups in total. The minimum atomic E-state index is -0.586. The summed E-state index contributed by atoms with van der Waals surface area (Å²) in [7, 11) is 4.46. The molecule has 0 saturated heterocycles.